The summed E-state index contributed by atoms with van der Waals surface area (Å²) < 4.78 is 5.21. The molecule has 2 atom stereocenters. The number of likely N-dealkylation sites (tertiary alicyclic amines) is 1. The Hall–Kier alpha value is -1.56. The van der Waals surface area contributed by atoms with Crippen LogP contribution in [0.15, 0.2) is 4.52 Å². The minimum Gasteiger partial charge on any atom is -0.394 e. The third-order valence-electron chi connectivity index (χ3n) is 5.06. The smallest absolute Gasteiger partial charge is 0.317 e. The van der Waals surface area contributed by atoms with Crippen molar-refractivity contribution in [3.05, 3.63) is 17.0 Å². The van der Waals surface area contributed by atoms with Crippen molar-refractivity contribution in [3.8, 4) is 0 Å². The highest BCUT2D eigenvalue weighted by Crippen LogP contribution is 2.34. The van der Waals surface area contributed by atoms with Crippen molar-refractivity contribution in [1.82, 2.24) is 15.4 Å². The van der Waals surface area contributed by atoms with Crippen LogP contribution in [0.4, 0.5) is 4.79 Å². The van der Waals surface area contributed by atoms with Crippen molar-refractivity contribution in [3.63, 3.8) is 0 Å². The molecule has 2 heterocycles. The number of aliphatic hydroxyl groups is 1. The van der Waals surface area contributed by atoms with E-state index in [1.54, 1.807) is 0 Å². The van der Waals surface area contributed by atoms with E-state index in [0.717, 1.165) is 36.3 Å². The zero-order chi connectivity index (χ0) is 17.9. The molecule has 6 nitrogen and oxygen atoms in total. The average molecular weight is 337 g/mol. The molecule has 0 radical (unpaired) electrons. The van der Waals surface area contributed by atoms with Gasteiger partial charge < -0.3 is 19.8 Å². The molecule has 136 valence electrons. The first-order valence-corrected chi connectivity index (χ1v) is 8.90. The Morgan fingerprint density at radius 1 is 1.42 bits per heavy atom. The number of nitrogens with one attached hydrogen (secondary N) is 1. The van der Waals surface area contributed by atoms with Gasteiger partial charge in [-0.25, -0.2) is 4.79 Å². The Bertz CT molecular complexity index is 550. The maximum atomic E-state index is 12.7. The number of carbonyl (C=O) groups excluding carboxylic acids is 1. The fraction of sp³-hybridized carbons (Fsp3) is 0.778. The zero-order valence-corrected chi connectivity index (χ0v) is 15.6. The van der Waals surface area contributed by atoms with E-state index in [1.807, 2.05) is 18.7 Å². The Morgan fingerprint density at radius 2 is 2.12 bits per heavy atom. The predicted molar refractivity (Wildman–Crippen MR) is 93.0 cm³/mol. The van der Waals surface area contributed by atoms with Crippen LogP contribution in [0, 0.1) is 19.8 Å². The summed E-state index contributed by atoms with van der Waals surface area (Å²) in [4.78, 5) is 14.6. The van der Waals surface area contributed by atoms with E-state index in [9.17, 15) is 9.90 Å². The summed E-state index contributed by atoms with van der Waals surface area (Å²) in [5.41, 5.74) is 1.53. The lowest BCUT2D eigenvalue weighted by molar-refractivity contribution is 0.0676. The molecule has 0 saturated carbocycles. The maximum absolute atomic E-state index is 12.7. The van der Waals surface area contributed by atoms with Crippen LogP contribution < -0.4 is 5.32 Å². The minimum absolute atomic E-state index is 0.0258. The fourth-order valence-electron chi connectivity index (χ4n) is 4.09. The number of nitrogens with zero attached hydrogens (tertiary/aromatic N) is 2. The fourth-order valence-corrected chi connectivity index (χ4v) is 4.09. The summed E-state index contributed by atoms with van der Waals surface area (Å²) >= 11 is 0. The molecule has 0 spiro atoms. The van der Waals surface area contributed by atoms with Gasteiger partial charge >= 0.3 is 6.03 Å². The molecule has 1 fully saturated rings. The van der Waals surface area contributed by atoms with Gasteiger partial charge in [-0.3, -0.25) is 0 Å². The first-order valence-electron chi connectivity index (χ1n) is 8.90. The van der Waals surface area contributed by atoms with Crippen LogP contribution in [0.2, 0.25) is 0 Å². The minimum atomic E-state index is -0.412. The highest BCUT2D eigenvalue weighted by molar-refractivity contribution is 5.75. The van der Waals surface area contributed by atoms with E-state index in [-0.39, 0.29) is 18.6 Å². The van der Waals surface area contributed by atoms with Gasteiger partial charge in [-0.15, -0.1) is 0 Å². The van der Waals surface area contributed by atoms with Crippen molar-refractivity contribution in [1.29, 1.82) is 0 Å². The molecule has 0 aliphatic carbocycles. The molecule has 2 N–H and O–H groups in total. The van der Waals surface area contributed by atoms with E-state index in [0.29, 0.717) is 19.0 Å². The van der Waals surface area contributed by atoms with E-state index < -0.39 is 5.54 Å². The lowest BCUT2D eigenvalue weighted by atomic mass is 9.87. The van der Waals surface area contributed by atoms with Gasteiger partial charge in [-0.2, -0.15) is 0 Å². The number of amides is 2. The first-order chi connectivity index (χ1) is 11.3. The van der Waals surface area contributed by atoms with Crippen LogP contribution in [0.3, 0.4) is 0 Å². The van der Waals surface area contributed by atoms with Gasteiger partial charge in [0.2, 0.25) is 0 Å². The third-order valence-corrected chi connectivity index (χ3v) is 5.06. The molecule has 6 heteroatoms. The largest absolute Gasteiger partial charge is 0.394 e. The zero-order valence-electron chi connectivity index (χ0n) is 15.6. The van der Waals surface area contributed by atoms with E-state index >= 15 is 0 Å². The van der Waals surface area contributed by atoms with Gasteiger partial charge in [-0.1, -0.05) is 25.9 Å². The highest BCUT2D eigenvalue weighted by Gasteiger charge is 2.43. The number of aliphatic hydroxyl groups excluding tert-OH is 1. The highest BCUT2D eigenvalue weighted by atomic mass is 16.5. The summed E-state index contributed by atoms with van der Waals surface area (Å²) in [6.07, 6.45) is 2.64. The Morgan fingerprint density at radius 3 is 2.67 bits per heavy atom. The molecule has 1 aliphatic rings. The predicted octanol–water partition coefficient (Wildman–Crippen LogP) is 2.98. The first kappa shape index (κ1) is 18.8. The molecule has 2 rings (SSSR count). The molecular weight excluding hydrogens is 306 g/mol. The molecule has 2 amide bonds. The summed E-state index contributed by atoms with van der Waals surface area (Å²) in [5.74, 6) is 1.38. The van der Waals surface area contributed by atoms with Crippen molar-refractivity contribution in [2.45, 2.75) is 65.3 Å². The van der Waals surface area contributed by atoms with Crippen molar-refractivity contribution in [2.75, 3.05) is 19.7 Å². The molecule has 0 unspecified atom stereocenters. The lowest BCUT2D eigenvalue weighted by Crippen LogP contribution is -2.54. The van der Waals surface area contributed by atoms with Crippen LogP contribution in [0.5, 0.6) is 0 Å². The standard InChI is InChI=1S/C18H31N3O3/c1-12(2)9-18(11-22)7-6-8-21(18)17(23)19-10-13(3)16-14(4)20-24-15(16)5/h12-13,22H,6-11H2,1-5H3,(H,19,23)/t13-,18-/m0/s1. The van der Waals surface area contributed by atoms with Crippen molar-refractivity contribution >= 4 is 6.03 Å². The summed E-state index contributed by atoms with van der Waals surface area (Å²) in [5, 5.41) is 17.0. The average Bonchev–Trinajstić information content (AvgIpc) is 3.08. The molecule has 1 aromatic rings. The topological polar surface area (TPSA) is 78.6 Å². The van der Waals surface area contributed by atoms with Crippen LogP contribution >= 0.6 is 0 Å². The van der Waals surface area contributed by atoms with Crippen LogP contribution in [-0.2, 0) is 0 Å². The number of hydrogen-bond acceptors (Lipinski definition) is 4. The van der Waals surface area contributed by atoms with Crippen LogP contribution in [0.25, 0.3) is 0 Å². The number of aryl methyl sites for hydroxylation is 2. The molecule has 1 aromatic heterocycles. The second-order valence-corrected chi connectivity index (χ2v) is 7.56. The Kier molecular flexibility index (Phi) is 5.91. The maximum Gasteiger partial charge on any atom is 0.317 e. The molecule has 0 aromatic carbocycles. The summed E-state index contributed by atoms with van der Waals surface area (Å²) in [6, 6.07) is -0.0826. The van der Waals surface area contributed by atoms with E-state index in [4.69, 9.17) is 4.52 Å². The van der Waals surface area contributed by atoms with E-state index in [1.165, 1.54) is 0 Å². The molecular formula is C18H31N3O3. The molecule has 24 heavy (non-hydrogen) atoms. The number of rotatable bonds is 6. The van der Waals surface area contributed by atoms with Gasteiger partial charge in [0, 0.05) is 24.6 Å². The Balaban J connectivity index is 2.01. The van der Waals surface area contributed by atoms with Crippen molar-refractivity contribution < 1.29 is 14.4 Å². The number of urea groups is 1. The molecule has 1 saturated heterocycles. The second kappa shape index (κ2) is 7.55. The SMILES string of the molecule is Cc1noc(C)c1[C@@H](C)CNC(=O)N1CCC[C@@]1(CO)CC(C)C. The van der Waals surface area contributed by atoms with Gasteiger partial charge in [0.05, 0.1) is 17.8 Å². The third kappa shape index (κ3) is 3.74. The molecule has 1 aliphatic heterocycles. The summed E-state index contributed by atoms with van der Waals surface area (Å²) in [6.45, 7) is 11.4. The van der Waals surface area contributed by atoms with E-state index in [2.05, 4.69) is 31.2 Å². The van der Waals surface area contributed by atoms with Gasteiger partial charge in [0.15, 0.2) is 0 Å². The van der Waals surface area contributed by atoms with Crippen LogP contribution in [0.1, 0.15) is 63.0 Å². The van der Waals surface area contributed by atoms with Gasteiger partial charge in [0.25, 0.3) is 0 Å². The number of aromatic nitrogens is 1. The van der Waals surface area contributed by atoms with Crippen molar-refractivity contribution in [2.24, 2.45) is 5.92 Å². The van der Waals surface area contributed by atoms with Gasteiger partial charge in [-0.05, 0) is 39.0 Å². The monoisotopic (exact) mass is 337 g/mol. The molecule has 0 bridgehead atoms. The normalized spacial score (nSPS) is 22.2. The lowest BCUT2D eigenvalue weighted by Gasteiger charge is -2.38. The quantitative estimate of drug-likeness (QED) is 0.836. The summed E-state index contributed by atoms with van der Waals surface area (Å²) in [7, 11) is 0. The number of carbonyl (C=O) groups is 1. The Labute approximate surface area is 144 Å². The van der Waals surface area contributed by atoms with Crippen LogP contribution in [-0.4, -0.2) is 46.4 Å². The second-order valence-electron chi connectivity index (χ2n) is 7.56. The van der Waals surface area contributed by atoms with Gasteiger partial charge in [0.1, 0.15) is 5.76 Å². The number of hydrogen-bond donors (Lipinski definition) is 2.